The first-order chi connectivity index (χ1) is 7.92. The maximum Gasteiger partial charge on any atom is 0.213 e. The van der Waals surface area contributed by atoms with Gasteiger partial charge in [-0.15, -0.1) is 0 Å². The molecular weight excluding hydrogens is 196 g/mol. The van der Waals surface area contributed by atoms with Crippen LogP contribution < -0.4 is 0 Å². The Hall–Kier alpha value is -1.96. The van der Waals surface area contributed by atoms with Crippen LogP contribution in [0, 0.1) is 6.67 Å². The minimum absolute atomic E-state index is 0.864. The van der Waals surface area contributed by atoms with Crippen molar-refractivity contribution < 1.29 is 0 Å². The van der Waals surface area contributed by atoms with Crippen molar-refractivity contribution in [3.63, 3.8) is 0 Å². The maximum absolute atomic E-state index is 3.28. The summed E-state index contributed by atoms with van der Waals surface area (Å²) in [6, 6.07) is 10.4. The number of rotatable bonds is 2. The first-order valence-corrected chi connectivity index (χ1v) is 5.35. The lowest BCUT2D eigenvalue weighted by molar-refractivity contribution is 0.387. The van der Waals surface area contributed by atoms with Crippen LogP contribution in [0.1, 0.15) is 5.56 Å². The molecule has 0 atom stereocenters. The van der Waals surface area contributed by atoms with E-state index in [9.17, 15) is 0 Å². The molecule has 0 unspecified atom stereocenters. The predicted molar refractivity (Wildman–Crippen MR) is 63.4 cm³/mol. The van der Waals surface area contributed by atoms with Gasteiger partial charge in [0.05, 0.1) is 5.70 Å². The minimum atomic E-state index is 0.864. The first-order valence-electron chi connectivity index (χ1n) is 5.35. The fourth-order valence-corrected chi connectivity index (χ4v) is 1.84. The molecule has 78 valence electrons. The van der Waals surface area contributed by atoms with E-state index in [1.54, 1.807) is 0 Å². The average Bonchev–Trinajstić information content (AvgIpc) is 2.72. The topological polar surface area (TPSA) is 6.48 Å². The number of benzene rings is 1. The molecule has 0 N–H and O–H groups in total. The molecule has 0 amide bonds. The van der Waals surface area contributed by atoms with Crippen molar-refractivity contribution in [2.45, 2.75) is 6.54 Å². The van der Waals surface area contributed by atoms with Gasteiger partial charge < -0.3 is 9.80 Å². The van der Waals surface area contributed by atoms with Gasteiger partial charge in [-0.1, -0.05) is 36.4 Å². The van der Waals surface area contributed by atoms with Crippen molar-refractivity contribution >= 4 is 0 Å². The van der Waals surface area contributed by atoms with Crippen LogP contribution in [-0.4, -0.2) is 9.80 Å². The summed E-state index contributed by atoms with van der Waals surface area (Å²) < 4.78 is 0. The van der Waals surface area contributed by atoms with Crippen LogP contribution in [0.15, 0.2) is 66.7 Å². The third kappa shape index (κ3) is 1.74. The standard InChI is InChI=1S/C14H12N2/c1-2-6-13(7-3-1)10-15-11-14-8-4-5-9-16(14)12-15/h1-9,11H,10H2. The summed E-state index contributed by atoms with van der Waals surface area (Å²) >= 11 is 0. The highest BCUT2D eigenvalue weighted by Crippen LogP contribution is 2.24. The number of hydrogen-bond acceptors (Lipinski definition) is 2. The average molecular weight is 208 g/mol. The molecule has 0 fully saturated rings. The lowest BCUT2D eigenvalue weighted by Gasteiger charge is -2.18. The molecule has 2 nitrogen and oxygen atoms in total. The van der Waals surface area contributed by atoms with Crippen LogP contribution in [0.5, 0.6) is 0 Å². The Morgan fingerprint density at radius 2 is 1.94 bits per heavy atom. The Labute approximate surface area is 95.8 Å². The summed E-state index contributed by atoms with van der Waals surface area (Å²) in [6.45, 7) is 4.14. The second-order valence-electron chi connectivity index (χ2n) is 3.84. The van der Waals surface area contributed by atoms with E-state index in [0.717, 1.165) is 6.54 Å². The van der Waals surface area contributed by atoms with Crippen molar-refractivity contribution in [3.8, 4) is 0 Å². The lowest BCUT2D eigenvalue weighted by Crippen LogP contribution is -2.16. The number of nitrogens with zero attached hydrogens (tertiary/aromatic N) is 2. The first kappa shape index (κ1) is 9.28. The molecule has 0 saturated carbocycles. The monoisotopic (exact) mass is 208 g/mol. The van der Waals surface area contributed by atoms with Crippen molar-refractivity contribution in [1.29, 1.82) is 0 Å². The Kier molecular flexibility index (Phi) is 2.26. The van der Waals surface area contributed by atoms with E-state index in [2.05, 4.69) is 48.1 Å². The van der Waals surface area contributed by atoms with Crippen LogP contribution in [0.4, 0.5) is 0 Å². The molecular formula is C14H12N2. The van der Waals surface area contributed by atoms with Crippen molar-refractivity contribution in [2.24, 2.45) is 0 Å². The molecule has 0 spiro atoms. The van der Waals surface area contributed by atoms with Gasteiger partial charge in [-0.2, -0.15) is 0 Å². The third-order valence-corrected chi connectivity index (χ3v) is 2.61. The Morgan fingerprint density at radius 3 is 2.75 bits per heavy atom. The Morgan fingerprint density at radius 1 is 1.06 bits per heavy atom. The number of fused-ring (bicyclic) bond motifs is 1. The van der Waals surface area contributed by atoms with Gasteiger partial charge in [0.25, 0.3) is 0 Å². The van der Waals surface area contributed by atoms with E-state index in [1.807, 2.05) is 29.3 Å². The fourth-order valence-electron chi connectivity index (χ4n) is 1.84. The van der Waals surface area contributed by atoms with Crippen LogP contribution in [0.25, 0.3) is 0 Å². The van der Waals surface area contributed by atoms with E-state index in [-0.39, 0.29) is 0 Å². The minimum Gasteiger partial charge on any atom is -0.341 e. The highest BCUT2D eigenvalue weighted by atomic mass is 15.3. The van der Waals surface area contributed by atoms with Crippen LogP contribution in [0.3, 0.4) is 0 Å². The van der Waals surface area contributed by atoms with E-state index in [4.69, 9.17) is 0 Å². The van der Waals surface area contributed by atoms with E-state index in [0.29, 0.717) is 0 Å². The molecule has 0 aliphatic carbocycles. The van der Waals surface area contributed by atoms with Gasteiger partial charge >= 0.3 is 0 Å². The molecule has 3 rings (SSSR count). The Bertz CT molecular complexity index is 457. The maximum atomic E-state index is 3.28. The van der Waals surface area contributed by atoms with E-state index in [1.165, 1.54) is 11.3 Å². The molecule has 2 heteroatoms. The zero-order chi connectivity index (χ0) is 10.8. The van der Waals surface area contributed by atoms with Gasteiger partial charge in [0.1, 0.15) is 0 Å². The summed E-state index contributed by atoms with van der Waals surface area (Å²) in [5.74, 6) is 0. The number of allylic oxidation sites excluding steroid dienone is 3. The van der Waals surface area contributed by atoms with Gasteiger partial charge in [-0.25, -0.2) is 0 Å². The van der Waals surface area contributed by atoms with Crippen molar-refractivity contribution in [1.82, 2.24) is 9.80 Å². The van der Waals surface area contributed by atoms with Gasteiger partial charge in [-0.05, 0) is 17.7 Å². The van der Waals surface area contributed by atoms with Crippen molar-refractivity contribution in [2.75, 3.05) is 0 Å². The fraction of sp³-hybridized carbons (Fsp3) is 0.0714. The zero-order valence-electron chi connectivity index (χ0n) is 8.88. The summed E-state index contributed by atoms with van der Waals surface area (Å²) in [5.41, 5.74) is 2.46. The van der Waals surface area contributed by atoms with Gasteiger partial charge in [-0.3, -0.25) is 0 Å². The smallest absolute Gasteiger partial charge is 0.213 e. The van der Waals surface area contributed by atoms with Gasteiger partial charge in [0, 0.05) is 18.9 Å². The Balaban J connectivity index is 1.73. The third-order valence-electron chi connectivity index (χ3n) is 2.61. The quantitative estimate of drug-likeness (QED) is 0.737. The summed E-state index contributed by atoms with van der Waals surface area (Å²) in [7, 11) is 0. The molecule has 1 aromatic rings. The zero-order valence-corrected chi connectivity index (χ0v) is 8.88. The highest BCUT2D eigenvalue weighted by molar-refractivity contribution is 5.32. The molecule has 16 heavy (non-hydrogen) atoms. The molecule has 2 aliphatic rings. The van der Waals surface area contributed by atoms with Crippen molar-refractivity contribution in [3.05, 3.63) is 78.9 Å². The summed E-state index contributed by atoms with van der Waals surface area (Å²) in [6.07, 6.45) is 10.2. The highest BCUT2D eigenvalue weighted by Gasteiger charge is 2.20. The molecule has 2 heterocycles. The SMILES string of the molecule is [C]1N(Cc2ccccc2)C=C2C=CC=CN12. The van der Waals surface area contributed by atoms with Gasteiger partial charge in [0.15, 0.2) is 0 Å². The van der Waals surface area contributed by atoms with E-state index >= 15 is 0 Å². The predicted octanol–water partition coefficient (Wildman–Crippen LogP) is 2.73. The molecule has 0 bridgehead atoms. The molecule has 0 saturated heterocycles. The normalized spacial score (nSPS) is 17.6. The second kappa shape index (κ2) is 3.89. The summed E-state index contributed by atoms with van der Waals surface area (Å²) in [5, 5.41) is 0. The largest absolute Gasteiger partial charge is 0.341 e. The van der Waals surface area contributed by atoms with Crippen LogP contribution in [0.2, 0.25) is 0 Å². The van der Waals surface area contributed by atoms with Crippen LogP contribution in [-0.2, 0) is 6.54 Å². The molecule has 2 aliphatic heterocycles. The lowest BCUT2D eigenvalue weighted by atomic mass is 10.2. The number of hydrogen-bond donors (Lipinski definition) is 0. The summed E-state index contributed by atoms with van der Waals surface area (Å²) in [4.78, 5) is 4.08. The molecule has 0 aromatic heterocycles. The second-order valence-corrected chi connectivity index (χ2v) is 3.84. The van der Waals surface area contributed by atoms with Crippen LogP contribution >= 0.6 is 0 Å². The van der Waals surface area contributed by atoms with Gasteiger partial charge in [0.2, 0.25) is 6.67 Å². The molecule has 1 aromatic carbocycles. The van der Waals surface area contributed by atoms with E-state index < -0.39 is 0 Å². The molecule has 2 radical (unpaired) electrons.